The number of hydrogen-bond donors (Lipinski definition) is 2. The summed E-state index contributed by atoms with van der Waals surface area (Å²) in [6.45, 7) is 1.33. The lowest BCUT2D eigenvalue weighted by molar-refractivity contribution is -0.143. The molecule has 0 spiro atoms. The van der Waals surface area contributed by atoms with Gasteiger partial charge in [-0.1, -0.05) is 48.5 Å². The Bertz CT molecular complexity index is 1180. The Kier molecular flexibility index (Phi) is 7.47. The number of ether oxygens (including phenoxy) is 1. The van der Waals surface area contributed by atoms with Gasteiger partial charge < -0.3 is 15.2 Å². The second-order valence-corrected chi connectivity index (χ2v) is 6.64. The molecule has 0 aliphatic heterocycles. The summed E-state index contributed by atoms with van der Waals surface area (Å²) in [5.74, 6) is -1.99. The van der Waals surface area contributed by atoms with Crippen molar-refractivity contribution in [3.05, 3.63) is 66.2 Å². The molecule has 1 aromatic heterocycles. The highest BCUT2D eigenvalue weighted by atomic mass is 16.5. The lowest BCUT2D eigenvalue weighted by Gasteiger charge is -2.06. The average Bonchev–Trinajstić information content (AvgIpc) is 3.06. The number of aromatic hydroxyl groups is 1. The minimum absolute atomic E-state index is 0.0496. The number of fused-ring (bicyclic) bond motifs is 1. The molecule has 32 heavy (non-hydrogen) atoms. The molecular formula is C23H22N4O5. The Hall–Kier alpha value is -4.27. The zero-order chi connectivity index (χ0) is 22.9. The number of aromatic nitrogens is 1. The first-order valence-electron chi connectivity index (χ1n) is 9.91. The molecule has 0 aliphatic rings. The molecule has 3 aromatic rings. The fourth-order valence-corrected chi connectivity index (χ4v) is 2.96. The maximum atomic E-state index is 12.1. The molecule has 0 fully saturated rings. The third-order valence-corrected chi connectivity index (χ3v) is 4.41. The molecule has 9 heteroatoms. The van der Waals surface area contributed by atoms with Crippen LogP contribution in [0.25, 0.3) is 17.0 Å². The van der Waals surface area contributed by atoms with Crippen molar-refractivity contribution in [1.82, 2.24) is 9.88 Å². The summed E-state index contributed by atoms with van der Waals surface area (Å²) in [7, 11) is 0. The van der Waals surface area contributed by atoms with Crippen LogP contribution in [0.1, 0.15) is 12.5 Å². The van der Waals surface area contributed by atoms with Gasteiger partial charge in [0.1, 0.15) is 13.1 Å². The summed E-state index contributed by atoms with van der Waals surface area (Å²) in [6.07, 6.45) is 2.94. The van der Waals surface area contributed by atoms with Crippen LogP contribution in [0.3, 0.4) is 0 Å². The largest absolute Gasteiger partial charge is 0.493 e. The fourth-order valence-electron chi connectivity index (χ4n) is 2.96. The van der Waals surface area contributed by atoms with Gasteiger partial charge in [-0.25, -0.2) is 0 Å². The van der Waals surface area contributed by atoms with Gasteiger partial charge in [0, 0.05) is 11.5 Å². The third-order valence-electron chi connectivity index (χ3n) is 4.41. The van der Waals surface area contributed by atoms with Gasteiger partial charge >= 0.3 is 5.97 Å². The third kappa shape index (κ3) is 5.66. The van der Waals surface area contributed by atoms with Crippen molar-refractivity contribution in [2.45, 2.75) is 13.5 Å². The van der Waals surface area contributed by atoms with Crippen molar-refractivity contribution in [2.24, 2.45) is 10.2 Å². The highest BCUT2D eigenvalue weighted by Crippen LogP contribution is 2.38. The van der Waals surface area contributed by atoms with Crippen molar-refractivity contribution < 1.29 is 24.2 Å². The number of esters is 1. The minimum atomic E-state index is -0.701. The molecule has 0 aliphatic carbocycles. The van der Waals surface area contributed by atoms with Crippen molar-refractivity contribution >= 4 is 40.4 Å². The Morgan fingerprint density at radius 2 is 1.81 bits per heavy atom. The maximum Gasteiger partial charge on any atom is 0.326 e. The van der Waals surface area contributed by atoms with E-state index in [1.165, 1.54) is 10.6 Å². The van der Waals surface area contributed by atoms with E-state index in [1.54, 1.807) is 37.3 Å². The molecule has 0 radical (unpaired) electrons. The van der Waals surface area contributed by atoms with Crippen LogP contribution >= 0.6 is 0 Å². The number of nitrogens with zero attached hydrogens (tertiary/aromatic N) is 3. The first kappa shape index (κ1) is 22.4. The maximum absolute atomic E-state index is 12.1. The second-order valence-electron chi connectivity index (χ2n) is 6.64. The first-order valence-corrected chi connectivity index (χ1v) is 9.91. The lowest BCUT2D eigenvalue weighted by Crippen LogP contribution is -2.26. The van der Waals surface area contributed by atoms with Gasteiger partial charge in [0.25, 0.3) is 5.91 Å². The number of nitrogens with one attached hydrogen (secondary N) is 1. The van der Waals surface area contributed by atoms with Gasteiger partial charge in [-0.15, -0.1) is 10.2 Å². The first-order chi connectivity index (χ1) is 15.5. The van der Waals surface area contributed by atoms with Gasteiger partial charge in [0.05, 0.1) is 12.1 Å². The van der Waals surface area contributed by atoms with Gasteiger partial charge in [0.15, 0.2) is 5.69 Å². The van der Waals surface area contributed by atoms with Crippen LogP contribution in [0, 0.1) is 0 Å². The van der Waals surface area contributed by atoms with Crippen LogP contribution in [0.15, 0.2) is 70.9 Å². The Labute approximate surface area is 184 Å². The zero-order valence-electron chi connectivity index (χ0n) is 17.4. The predicted octanol–water partition coefficient (Wildman–Crippen LogP) is 3.35. The highest BCUT2D eigenvalue weighted by molar-refractivity contribution is 5.97. The summed E-state index contributed by atoms with van der Waals surface area (Å²) >= 11 is 0. The molecule has 9 nitrogen and oxygen atoms in total. The molecule has 2 N–H and O–H groups in total. The van der Waals surface area contributed by atoms with E-state index in [-0.39, 0.29) is 31.3 Å². The van der Waals surface area contributed by atoms with E-state index in [0.29, 0.717) is 10.9 Å². The number of amides is 2. The van der Waals surface area contributed by atoms with Crippen molar-refractivity contribution in [3.63, 3.8) is 0 Å². The molecule has 0 bridgehead atoms. The molecule has 1 heterocycles. The molecular weight excluding hydrogens is 412 g/mol. The average molecular weight is 434 g/mol. The molecule has 0 unspecified atom stereocenters. The van der Waals surface area contributed by atoms with Gasteiger partial charge in [-0.05, 0) is 24.6 Å². The number of para-hydroxylation sites is 1. The standard InChI is InChI=1S/C23H22N4O5/c1-2-32-21(30)15-27-18-11-7-6-10-17(18)22(23(27)31)26-25-20(29)14-24-19(28)13-12-16-8-4-3-5-9-16/h3-13,31H,2,14-15H2,1H3,(H,24,28)/b13-12+,26-25?. The number of hydrogen-bond acceptors (Lipinski definition) is 6. The second kappa shape index (κ2) is 10.7. The van der Waals surface area contributed by atoms with Crippen LogP contribution < -0.4 is 5.32 Å². The summed E-state index contributed by atoms with van der Waals surface area (Å²) in [6, 6.07) is 16.1. The monoisotopic (exact) mass is 434 g/mol. The number of carbonyl (C=O) groups is 3. The molecule has 3 rings (SSSR count). The summed E-state index contributed by atoms with van der Waals surface area (Å²) in [5.41, 5.74) is 1.44. The number of azo groups is 1. The predicted molar refractivity (Wildman–Crippen MR) is 118 cm³/mol. The summed E-state index contributed by atoms with van der Waals surface area (Å²) in [4.78, 5) is 35.8. The number of rotatable bonds is 8. The normalized spacial score (nSPS) is 11.3. The van der Waals surface area contributed by atoms with E-state index < -0.39 is 17.8 Å². The van der Waals surface area contributed by atoms with Crippen LogP contribution in [0.4, 0.5) is 5.69 Å². The Morgan fingerprint density at radius 1 is 1.09 bits per heavy atom. The zero-order valence-corrected chi connectivity index (χ0v) is 17.4. The topological polar surface area (TPSA) is 122 Å². The lowest BCUT2D eigenvalue weighted by atomic mass is 10.2. The molecule has 2 aromatic carbocycles. The molecule has 164 valence electrons. The van der Waals surface area contributed by atoms with E-state index in [1.807, 2.05) is 30.3 Å². The Balaban J connectivity index is 1.67. The SMILES string of the molecule is CCOC(=O)Cn1c(O)c(N=NC(=O)CNC(=O)/C=C/c2ccccc2)c2ccccc21. The van der Waals surface area contributed by atoms with Crippen LogP contribution in [0.5, 0.6) is 5.88 Å². The fraction of sp³-hybridized carbons (Fsp3) is 0.174. The Morgan fingerprint density at radius 3 is 2.56 bits per heavy atom. The molecule has 0 saturated carbocycles. The van der Waals surface area contributed by atoms with Crippen LogP contribution in [-0.4, -0.2) is 40.6 Å². The molecule has 2 amide bonds. The molecule has 0 saturated heterocycles. The van der Waals surface area contributed by atoms with E-state index in [2.05, 4.69) is 15.5 Å². The summed E-state index contributed by atoms with van der Waals surface area (Å²) in [5, 5.41) is 20.9. The van der Waals surface area contributed by atoms with Gasteiger partial charge in [-0.2, -0.15) is 0 Å². The number of carbonyl (C=O) groups excluding carboxylic acids is 3. The minimum Gasteiger partial charge on any atom is -0.493 e. The summed E-state index contributed by atoms with van der Waals surface area (Å²) < 4.78 is 6.27. The molecule has 0 atom stereocenters. The van der Waals surface area contributed by atoms with E-state index in [0.717, 1.165) is 5.56 Å². The van der Waals surface area contributed by atoms with E-state index in [9.17, 15) is 19.5 Å². The van der Waals surface area contributed by atoms with Gasteiger partial charge in [-0.3, -0.25) is 19.0 Å². The van der Waals surface area contributed by atoms with Crippen molar-refractivity contribution in [2.75, 3.05) is 13.2 Å². The van der Waals surface area contributed by atoms with E-state index in [4.69, 9.17) is 4.74 Å². The smallest absolute Gasteiger partial charge is 0.326 e. The van der Waals surface area contributed by atoms with Crippen LogP contribution in [-0.2, 0) is 25.7 Å². The van der Waals surface area contributed by atoms with Crippen molar-refractivity contribution in [1.29, 1.82) is 0 Å². The number of benzene rings is 2. The van der Waals surface area contributed by atoms with E-state index >= 15 is 0 Å². The highest BCUT2D eigenvalue weighted by Gasteiger charge is 2.19. The van der Waals surface area contributed by atoms with Crippen LogP contribution in [0.2, 0.25) is 0 Å². The quantitative estimate of drug-likeness (QED) is 0.320. The van der Waals surface area contributed by atoms with Crippen molar-refractivity contribution in [3.8, 4) is 5.88 Å². The van der Waals surface area contributed by atoms with Gasteiger partial charge in [0.2, 0.25) is 11.8 Å².